The molecular formula is C22H23N5O4S2. The monoisotopic (exact) mass is 485 g/mol. The molecule has 172 valence electrons. The van der Waals surface area contributed by atoms with E-state index >= 15 is 0 Å². The van der Waals surface area contributed by atoms with Crippen molar-refractivity contribution in [1.29, 1.82) is 0 Å². The average molecular weight is 486 g/mol. The summed E-state index contributed by atoms with van der Waals surface area (Å²) >= 11 is 1.34. The number of H-pyrrole nitrogens is 1. The number of imidazole rings is 1. The number of carbonyl (C=O) groups is 1. The van der Waals surface area contributed by atoms with Gasteiger partial charge in [0.15, 0.2) is 5.13 Å². The van der Waals surface area contributed by atoms with Gasteiger partial charge in [0.1, 0.15) is 11.8 Å². The Morgan fingerprint density at radius 3 is 2.67 bits per heavy atom. The van der Waals surface area contributed by atoms with Crippen LogP contribution in [0.3, 0.4) is 0 Å². The minimum absolute atomic E-state index is 0.0257. The molecule has 4 rings (SSSR count). The Hall–Kier alpha value is -3.28. The number of aryl methyl sites for hydroxylation is 1. The van der Waals surface area contributed by atoms with Crippen LogP contribution < -0.4 is 14.8 Å². The molecule has 2 aromatic heterocycles. The minimum Gasteiger partial charge on any atom is -0.497 e. The summed E-state index contributed by atoms with van der Waals surface area (Å²) < 4.78 is 34.5. The molecule has 1 atom stereocenters. The van der Waals surface area contributed by atoms with Crippen molar-refractivity contribution in [3.8, 4) is 5.75 Å². The molecule has 0 saturated carbocycles. The van der Waals surface area contributed by atoms with Gasteiger partial charge in [-0.15, -0.1) is 0 Å². The summed E-state index contributed by atoms with van der Waals surface area (Å²) in [4.78, 5) is 24.5. The predicted octanol–water partition coefficient (Wildman–Crippen LogP) is 3.12. The summed E-state index contributed by atoms with van der Waals surface area (Å²) in [6.07, 6.45) is 4.01. The molecule has 9 nitrogen and oxygen atoms in total. The number of nitrogens with one attached hydrogen (secondary N) is 3. The van der Waals surface area contributed by atoms with Crippen LogP contribution in [-0.4, -0.2) is 42.4 Å². The summed E-state index contributed by atoms with van der Waals surface area (Å²) in [5.74, 6) is 0.0132. The number of hydrogen-bond donors (Lipinski definition) is 3. The van der Waals surface area contributed by atoms with E-state index in [4.69, 9.17) is 4.74 Å². The highest BCUT2D eigenvalue weighted by Gasteiger charge is 2.27. The molecule has 0 aliphatic heterocycles. The number of methoxy groups -OCH3 is 1. The van der Waals surface area contributed by atoms with Gasteiger partial charge >= 0.3 is 0 Å². The Balaban J connectivity index is 1.57. The van der Waals surface area contributed by atoms with Crippen LogP contribution in [0.25, 0.3) is 10.2 Å². The zero-order chi connectivity index (χ0) is 23.4. The molecule has 1 amide bonds. The van der Waals surface area contributed by atoms with E-state index in [0.717, 1.165) is 16.6 Å². The van der Waals surface area contributed by atoms with Gasteiger partial charge in [0.2, 0.25) is 15.9 Å². The second-order valence-corrected chi connectivity index (χ2v) is 10.0. The van der Waals surface area contributed by atoms with Crippen LogP contribution in [0.2, 0.25) is 0 Å². The van der Waals surface area contributed by atoms with Crippen LogP contribution in [-0.2, 0) is 27.7 Å². The third-order valence-corrected chi connectivity index (χ3v) is 7.47. The van der Waals surface area contributed by atoms with E-state index in [-0.39, 0.29) is 11.3 Å². The van der Waals surface area contributed by atoms with Crippen molar-refractivity contribution in [3.63, 3.8) is 0 Å². The lowest BCUT2D eigenvalue weighted by atomic mass is 10.1. The Morgan fingerprint density at radius 1 is 1.21 bits per heavy atom. The number of nitrogens with zero attached hydrogens (tertiary/aromatic N) is 2. The minimum atomic E-state index is -3.98. The number of benzene rings is 2. The molecule has 2 heterocycles. The number of thiazole rings is 1. The molecule has 1 unspecified atom stereocenters. The SMILES string of the molecule is CCc1ccc2nc(NC(=O)C(Cc3cnc[nH]3)NS(=O)(=O)c3ccc(OC)cc3)sc2c1. The van der Waals surface area contributed by atoms with Crippen LogP contribution in [0.5, 0.6) is 5.75 Å². The molecule has 0 aliphatic carbocycles. The molecule has 0 bridgehead atoms. The third-order valence-electron chi connectivity index (χ3n) is 5.05. The van der Waals surface area contributed by atoms with E-state index in [0.29, 0.717) is 16.6 Å². The maximum absolute atomic E-state index is 13.1. The lowest BCUT2D eigenvalue weighted by Gasteiger charge is -2.17. The summed E-state index contributed by atoms with van der Waals surface area (Å²) in [5.41, 5.74) is 2.56. The van der Waals surface area contributed by atoms with Crippen molar-refractivity contribution in [3.05, 3.63) is 66.2 Å². The molecule has 33 heavy (non-hydrogen) atoms. The number of hydrogen-bond acceptors (Lipinski definition) is 7. The van der Waals surface area contributed by atoms with Gasteiger partial charge in [0.05, 0.1) is 28.5 Å². The Bertz CT molecular complexity index is 1350. The number of rotatable bonds is 9. The molecule has 4 aromatic rings. The fourth-order valence-electron chi connectivity index (χ4n) is 3.25. The molecule has 11 heteroatoms. The second-order valence-electron chi connectivity index (χ2n) is 7.29. The van der Waals surface area contributed by atoms with E-state index in [2.05, 4.69) is 31.9 Å². The highest BCUT2D eigenvalue weighted by molar-refractivity contribution is 7.89. The first-order chi connectivity index (χ1) is 15.9. The summed E-state index contributed by atoms with van der Waals surface area (Å²) in [6, 6.07) is 10.8. The molecular weight excluding hydrogens is 462 g/mol. The molecule has 0 aliphatic rings. The highest BCUT2D eigenvalue weighted by atomic mass is 32.2. The van der Waals surface area contributed by atoms with Crippen LogP contribution in [0.15, 0.2) is 59.9 Å². The van der Waals surface area contributed by atoms with Crippen molar-refractivity contribution in [1.82, 2.24) is 19.7 Å². The molecule has 2 aromatic carbocycles. The van der Waals surface area contributed by atoms with Gasteiger partial charge in [-0.2, -0.15) is 4.72 Å². The van der Waals surface area contributed by atoms with Crippen molar-refractivity contribution >= 4 is 42.6 Å². The number of fused-ring (bicyclic) bond motifs is 1. The maximum Gasteiger partial charge on any atom is 0.244 e. The van der Waals surface area contributed by atoms with Gasteiger partial charge in [-0.05, 0) is 48.4 Å². The van der Waals surface area contributed by atoms with Crippen LogP contribution in [0.1, 0.15) is 18.2 Å². The van der Waals surface area contributed by atoms with Gasteiger partial charge in [0.25, 0.3) is 0 Å². The zero-order valence-corrected chi connectivity index (χ0v) is 19.7. The number of ether oxygens (including phenoxy) is 1. The second kappa shape index (κ2) is 9.69. The van der Waals surface area contributed by atoms with Gasteiger partial charge < -0.3 is 15.0 Å². The normalized spacial score (nSPS) is 12.5. The van der Waals surface area contributed by atoms with Crippen molar-refractivity contribution < 1.29 is 17.9 Å². The zero-order valence-electron chi connectivity index (χ0n) is 18.0. The lowest BCUT2D eigenvalue weighted by Crippen LogP contribution is -2.45. The molecule has 0 spiro atoms. The summed E-state index contributed by atoms with van der Waals surface area (Å²) in [7, 11) is -2.48. The quantitative estimate of drug-likeness (QED) is 0.334. The molecule has 0 saturated heterocycles. The standard InChI is InChI=1S/C22H23N5O4S2/c1-3-14-4-9-18-20(10-14)32-22(25-18)26-21(28)19(11-15-12-23-13-24-15)27-33(29,30)17-7-5-16(31-2)6-8-17/h4-10,12-13,19,27H,3,11H2,1-2H3,(H,23,24)(H,25,26,28). The first kappa shape index (κ1) is 22.9. The predicted molar refractivity (Wildman–Crippen MR) is 127 cm³/mol. The van der Waals surface area contributed by atoms with Crippen molar-refractivity contribution in [2.24, 2.45) is 0 Å². The Kier molecular flexibility index (Phi) is 6.72. The first-order valence-electron chi connectivity index (χ1n) is 10.2. The topological polar surface area (TPSA) is 126 Å². The number of anilines is 1. The smallest absolute Gasteiger partial charge is 0.244 e. The van der Waals surface area contributed by atoms with E-state index in [1.807, 2.05) is 18.2 Å². The van der Waals surface area contributed by atoms with E-state index < -0.39 is 22.0 Å². The number of sulfonamides is 1. The number of carbonyl (C=O) groups excluding carboxylic acids is 1. The number of aromatic amines is 1. The molecule has 3 N–H and O–H groups in total. The van der Waals surface area contributed by atoms with Gasteiger partial charge in [0, 0.05) is 18.3 Å². The van der Waals surface area contributed by atoms with Crippen molar-refractivity contribution in [2.75, 3.05) is 12.4 Å². The summed E-state index contributed by atoms with van der Waals surface area (Å²) in [5, 5.41) is 3.17. The fourth-order valence-corrected chi connectivity index (χ4v) is 5.38. The van der Waals surface area contributed by atoms with Crippen LogP contribution in [0, 0.1) is 0 Å². The number of aromatic nitrogens is 3. The molecule has 0 fully saturated rings. The lowest BCUT2D eigenvalue weighted by molar-refractivity contribution is -0.117. The van der Waals surface area contributed by atoms with Crippen LogP contribution in [0.4, 0.5) is 5.13 Å². The molecule has 0 radical (unpaired) electrons. The third kappa shape index (κ3) is 5.38. The van der Waals surface area contributed by atoms with Gasteiger partial charge in [-0.1, -0.05) is 24.3 Å². The van der Waals surface area contributed by atoms with E-state index in [1.54, 1.807) is 18.3 Å². The van der Waals surface area contributed by atoms with Gasteiger partial charge in [-0.3, -0.25) is 4.79 Å². The Morgan fingerprint density at radius 2 is 2.00 bits per heavy atom. The Labute approximate surface area is 195 Å². The van der Waals surface area contributed by atoms with E-state index in [1.165, 1.54) is 42.5 Å². The van der Waals surface area contributed by atoms with Crippen molar-refractivity contribution in [2.45, 2.75) is 30.7 Å². The maximum atomic E-state index is 13.1. The van der Waals surface area contributed by atoms with E-state index in [9.17, 15) is 13.2 Å². The highest BCUT2D eigenvalue weighted by Crippen LogP contribution is 2.27. The number of amides is 1. The average Bonchev–Trinajstić information content (AvgIpc) is 3.47. The van der Waals surface area contributed by atoms with Crippen LogP contribution >= 0.6 is 11.3 Å². The first-order valence-corrected chi connectivity index (χ1v) is 12.5. The fraction of sp³-hybridized carbons (Fsp3) is 0.227. The van der Waals surface area contributed by atoms with Gasteiger partial charge in [-0.25, -0.2) is 18.4 Å². The largest absolute Gasteiger partial charge is 0.497 e. The summed E-state index contributed by atoms with van der Waals surface area (Å²) in [6.45, 7) is 2.07.